The van der Waals surface area contributed by atoms with Crippen molar-refractivity contribution in [3.05, 3.63) is 42.5 Å². The topological polar surface area (TPSA) is 112 Å². The normalized spacial score (nSPS) is 18.1. The molecule has 1 aliphatic carbocycles. The van der Waals surface area contributed by atoms with Gasteiger partial charge in [0.05, 0.1) is 45.0 Å². The molecule has 1 amide bonds. The lowest BCUT2D eigenvalue weighted by Crippen LogP contribution is -2.52. The van der Waals surface area contributed by atoms with Crippen LogP contribution < -0.4 is 19.1 Å². The largest absolute Gasteiger partial charge is 0.493 e. The Kier molecular flexibility index (Phi) is 8.23. The van der Waals surface area contributed by atoms with Crippen molar-refractivity contribution in [2.24, 2.45) is 0 Å². The highest BCUT2D eigenvalue weighted by atomic mass is 32.2. The first-order valence-electron chi connectivity index (χ1n) is 12.2. The number of hydrogen-bond acceptors (Lipinski definition) is 8. The maximum atomic E-state index is 13.9. The van der Waals surface area contributed by atoms with Crippen LogP contribution in [0.15, 0.2) is 47.4 Å². The Labute approximate surface area is 217 Å². The van der Waals surface area contributed by atoms with Crippen LogP contribution in [0.3, 0.4) is 0 Å². The molecule has 2 aromatic rings. The molecule has 1 saturated carbocycles. The van der Waals surface area contributed by atoms with E-state index in [2.05, 4.69) is 0 Å². The van der Waals surface area contributed by atoms with Gasteiger partial charge in [-0.3, -0.25) is 4.79 Å². The molecule has 0 N–H and O–H groups in total. The van der Waals surface area contributed by atoms with E-state index in [0.29, 0.717) is 30.0 Å². The second-order valence-corrected chi connectivity index (χ2v) is 10.9. The molecule has 200 valence electrons. The quantitative estimate of drug-likeness (QED) is 0.477. The van der Waals surface area contributed by atoms with Gasteiger partial charge in [0.25, 0.3) is 0 Å². The zero-order valence-electron chi connectivity index (χ0n) is 21.2. The van der Waals surface area contributed by atoms with E-state index in [9.17, 15) is 18.0 Å². The third kappa shape index (κ3) is 5.52. The van der Waals surface area contributed by atoms with Crippen LogP contribution in [0, 0.1) is 0 Å². The van der Waals surface area contributed by atoms with Crippen LogP contribution in [0.1, 0.15) is 32.1 Å². The number of hydrogen-bond donors (Lipinski definition) is 0. The van der Waals surface area contributed by atoms with Crippen molar-refractivity contribution in [3.63, 3.8) is 0 Å². The van der Waals surface area contributed by atoms with Gasteiger partial charge in [-0.05, 0) is 37.1 Å². The Morgan fingerprint density at radius 2 is 1.70 bits per heavy atom. The fourth-order valence-electron chi connectivity index (χ4n) is 4.84. The van der Waals surface area contributed by atoms with Crippen LogP contribution in [0.4, 0.5) is 5.69 Å². The number of nitrogens with zero attached hydrogens (tertiary/aromatic N) is 2. The van der Waals surface area contributed by atoms with Gasteiger partial charge in [0, 0.05) is 12.1 Å². The summed E-state index contributed by atoms with van der Waals surface area (Å²) in [6.45, 7) is -0.471. The second kappa shape index (κ2) is 11.4. The number of carbonyl (C=O) groups is 2. The number of benzene rings is 2. The second-order valence-electron chi connectivity index (χ2n) is 8.96. The first-order chi connectivity index (χ1) is 17.8. The van der Waals surface area contributed by atoms with E-state index in [1.54, 1.807) is 24.3 Å². The summed E-state index contributed by atoms with van der Waals surface area (Å²) >= 11 is 0. The van der Waals surface area contributed by atoms with E-state index in [1.165, 1.54) is 48.7 Å². The van der Waals surface area contributed by atoms with E-state index >= 15 is 0 Å². The van der Waals surface area contributed by atoms with Crippen molar-refractivity contribution in [2.75, 3.05) is 39.3 Å². The Morgan fingerprint density at radius 1 is 1.00 bits per heavy atom. The molecule has 0 unspecified atom stereocenters. The van der Waals surface area contributed by atoms with Crippen molar-refractivity contribution in [2.45, 2.75) is 49.1 Å². The Hall–Kier alpha value is -3.31. The average Bonchev–Trinajstić information content (AvgIpc) is 2.94. The molecule has 37 heavy (non-hydrogen) atoms. The highest BCUT2D eigenvalue weighted by molar-refractivity contribution is 7.89. The number of sulfonamides is 1. The molecule has 1 atom stereocenters. The van der Waals surface area contributed by atoms with Crippen molar-refractivity contribution >= 4 is 27.6 Å². The summed E-state index contributed by atoms with van der Waals surface area (Å²) in [5, 5.41) is 0. The minimum atomic E-state index is -4.08. The van der Waals surface area contributed by atoms with Crippen molar-refractivity contribution < 1.29 is 37.0 Å². The van der Waals surface area contributed by atoms with Crippen LogP contribution in [0.2, 0.25) is 0 Å². The maximum Gasteiger partial charge on any atom is 0.348 e. The standard InChI is InChI=1S/C26H32N2O8S/c1-33-22-14-13-19(15-23(22)34-2)37(31,32)28(18-9-5-4-6-10-18)17-25(29)27-16-24(26(30)35-3)36-21-12-8-7-11-20(21)27/h7-8,11-15,18,24H,4-6,9-10,16-17H2,1-3H3/t24-/m1/s1. The van der Waals surface area contributed by atoms with Gasteiger partial charge in [0.2, 0.25) is 22.0 Å². The number of rotatable bonds is 8. The van der Waals surface area contributed by atoms with Gasteiger partial charge in [-0.15, -0.1) is 0 Å². The van der Waals surface area contributed by atoms with Gasteiger partial charge in [0.1, 0.15) is 5.75 Å². The van der Waals surface area contributed by atoms with Gasteiger partial charge < -0.3 is 23.8 Å². The average molecular weight is 533 g/mol. The monoisotopic (exact) mass is 532 g/mol. The molecule has 2 aliphatic rings. The van der Waals surface area contributed by atoms with Gasteiger partial charge >= 0.3 is 5.97 Å². The third-order valence-electron chi connectivity index (χ3n) is 6.77. The highest BCUT2D eigenvalue weighted by Gasteiger charge is 2.39. The highest BCUT2D eigenvalue weighted by Crippen LogP contribution is 2.36. The van der Waals surface area contributed by atoms with Crippen LogP contribution in [0.25, 0.3) is 0 Å². The van der Waals surface area contributed by atoms with E-state index in [1.807, 2.05) is 0 Å². The summed E-state index contributed by atoms with van der Waals surface area (Å²) < 4.78 is 50.3. The number of esters is 1. The minimum absolute atomic E-state index is 0.0124. The van der Waals surface area contributed by atoms with Gasteiger partial charge in [-0.1, -0.05) is 31.4 Å². The van der Waals surface area contributed by atoms with Crippen LogP contribution in [-0.4, -0.2) is 71.2 Å². The van der Waals surface area contributed by atoms with Gasteiger partial charge in [0.15, 0.2) is 11.5 Å². The van der Waals surface area contributed by atoms with E-state index in [0.717, 1.165) is 19.3 Å². The zero-order valence-corrected chi connectivity index (χ0v) is 22.0. The SMILES string of the molecule is COC(=O)[C@H]1CN(C(=O)CN(C2CCCCC2)S(=O)(=O)c2ccc(OC)c(OC)c2)c2ccccc2O1. The first kappa shape index (κ1) is 26.7. The first-order valence-corrected chi connectivity index (χ1v) is 13.6. The molecular weight excluding hydrogens is 500 g/mol. The number of carbonyl (C=O) groups excluding carboxylic acids is 2. The molecule has 0 spiro atoms. The van der Waals surface area contributed by atoms with E-state index < -0.39 is 28.0 Å². The maximum absolute atomic E-state index is 13.9. The summed E-state index contributed by atoms with van der Waals surface area (Å²) in [6, 6.07) is 10.9. The summed E-state index contributed by atoms with van der Waals surface area (Å²) in [4.78, 5) is 27.4. The number of para-hydroxylation sites is 2. The molecule has 0 saturated heterocycles. The molecule has 10 nitrogen and oxygen atoms in total. The molecule has 0 bridgehead atoms. The predicted octanol–water partition coefficient (Wildman–Crippen LogP) is 2.99. The lowest BCUT2D eigenvalue weighted by atomic mass is 9.95. The van der Waals surface area contributed by atoms with Crippen LogP contribution in [0.5, 0.6) is 17.2 Å². The summed E-state index contributed by atoms with van der Waals surface area (Å²) in [6.07, 6.45) is 3.07. The third-order valence-corrected chi connectivity index (χ3v) is 8.67. The lowest BCUT2D eigenvalue weighted by Gasteiger charge is -2.37. The number of methoxy groups -OCH3 is 3. The fourth-order valence-corrected chi connectivity index (χ4v) is 6.49. The molecule has 11 heteroatoms. The summed E-state index contributed by atoms with van der Waals surface area (Å²) in [5.41, 5.74) is 0.472. The van der Waals surface area contributed by atoms with E-state index in [4.69, 9.17) is 18.9 Å². The molecule has 1 aliphatic heterocycles. The smallest absolute Gasteiger partial charge is 0.348 e. The van der Waals surface area contributed by atoms with Gasteiger partial charge in [-0.25, -0.2) is 13.2 Å². The van der Waals surface area contributed by atoms with Crippen LogP contribution in [-0.2, 0) is 24.3 Å². The lowest BCUT2D eigenvalue weighted by molar-refractivity contribution is -0.148. The van der Waals surface area contributed by atoms with Gasteiger partial charge in [-0.2, -0.15) is 4.31 Å². The minimum Gasteiger partial charge on any atom is -0.493 e. The number of amides is 1. The zero-order chi connectivity index (χ0) is 26.6. The molecule has 4 rings (SSSR count). The Balaban J connectivity index is 1.69. The van der Waals surface area contributed by atoms with E-state index in [-0.39, 0.29) is 29.8 Å². The van der Waals surface area contributed by atoms with Crippen LogP contribution >= 0.6 is 0 Å². The number of fused-ring (bicyclic) bond motifs is 1. The summed E-state index contributed by atoms with van der Waals surface area (Å²) in [7, 11) is 0.0802. The molecular formula is C26H32N2O8S. The molecule has 0 radical (unpaired) electrons. The molecule has 2 aromatic carbocycles. The predicted molar refractivity (Wildman–Crippen MR) is 136 cm³/mol. The Bertz CT molecular complexity index is 1240. The molecule has 1 heterocycles. The van der Waals surface area contributed by atoms with Crippen molar-refractivity contribution in [3.8, 4) is 17.2 Å². The molecule has 0 aromatic heterocycles. The number of anilines is 1. The Morgan fingerprint density at radius 3 is 2.38 bits per heavy atom. The fraction of sp³-hybridized carbons (Fsp3) is 0.462. The molecule has 1 fully saturated rings. The van der Waals surface area contributed by atoms with Crippen molar-refractivity contribution in [1.82, 2.24) is 4.31 Å². The van der Waals surface area contributed by atoms with Crippen molar-refractivity contribution in [1.29, 1.82) is 0 Å². The number of ether oxygens (including phenoxy) is 4. The summed E-state index contributed by atoms with van der Waals surface area (Å²) in [5.74, 6) is -0.0415.